The topological polar surface area (TPSA) is 68.7 Å². The predicted octanol–water partition coefficient (Wildman–Crippen LogP) is 2.24. The molecular formula is C19H22N4O2. The van der Waals surface area contributed by atoms with Gasteiger partial charge in [-0.1, -0.05) is 12.1 Å². The lowest BCUT2D eigenvalue weighted by Crippen LogP contribution is -2.44. The molecule has 1 atom stereocenters. The Labute approximate surface area is 147 Å². The fraction of sp³-hybridized carbons (Fsp3) is 0.368. The van der Waals surface area contributed by atoms with Crippen LogP contribution < -0.4 is 10.2 Å². The zero-order valence-corrected chi connectivity index (χ0v) is 14.1. The number of fused-ring (bicyclic) bond motifs is 1. The molecule has 6 heteroatoms. The zero-order chi connectivity index (χ0) is 17.2. The number of carbonyl (C=O) groups excluding carboxylic acids is 1. The van der Waals surface area contributed by atoms with Gasteiger partial charge >= 0.3 is 0 Å². The number of amides is 1. The molecule has 130 valence electrons. The maximum absolute atomic E-state index is 12.8. The fourth-order valence-electron chi connectivity index (χ4n) is 3.59. The Morgan fingerprint density at radius 3 is 2.68 bits per heavy atom. The minimum absolute atomic E-state index is 0.0722. The molecule has 1 aromatic heterocycles. The first-order valence-electron chi connectivity index (χ1n) is 8.76. The molecule has 0 saturated carbocycles. The molecule has 0 aliphatic carbocycles. The Hall–Kier alpha value is -2.60. The van der Waals surface area contributed by atoms with Crippen molar-refractivity contribution in [3.05, 3.63) is 53.7 Å². The van der Waals surface area contributed by atoms with E-state index in [4.69, 9.17) is 0 Å². The minimum atomic E-state index is -0.324. The highest BCUT2D eigenvalue weighted by atomic mass is 16.3. The lowest BCUT2D eigenvalue weighted by atomic mass is 10.0. The van der Waals surface area contributed by atoms with Gasteiger partial charge in [0.15, 0.2) is 0 Å². The van der Waals surface area contributed by atoms with Gasteiger partial charge < -0.3 is 20.2 Å². The number of β-amino-alcohol motifs (C(OH)–C–C–N with tert-alkyl or cyclic N) is 1. The number of aliphatic hydroxyl groups excluding tert-OH is 1. The van der Waals surface area contributed by atoms with E-state index in [1.54, 1.807) is 11.0 Å². The van der Waals surface area contributed by atoms with Gasteiger partial charge in [-0.25, -0.2) is 4.98 Å². The van der Waals surface area contributed by atoms with Crippen LogP contribution in [-0.4, -0.2) is 47.1 Å². The number of para-hydroxylation sites is 1. The molecule has 2 aliphatic heterocycles. The van der Waals surface area contributed by atoms with E-state index in [9.17, 15) is 9.90 Å². The number of nitrogens with one attached hydrogen (secondary N) is 1. The van der Waals surface area contributed by atoms with Crippen molar-refractivity contribution in [3.8, 4) is 0 Å². The van der Waals surface area contributed by atoms with Crippen molar-refractivity contribution in [1.29, 1.82) is 0 Å². The molecule has 0 spiro atoms. The van der Waals surface area contributed by atoms with Crippen LogP contribution in [0.5, 0.6) is 0 Å². The van der Waals surface area contributed by atoms with Gasteiger partial charge in [-0.15, -0.1) is 0 Å². The second-order valence-corrected chi connectivity index (χ2v) is 6.46. The predicted molar refractivity (Wildman–Crippen MR) is 96.6 cm³/mol. The number of anilines is 2. The molecule has 1 fully saturated rings. The van der Waals surface area contributed by atoms with E-state index in [0.717, 1.165) is 30.2 Å². The number of pyridine rings is 1. The normalized spacial score (nSPS) is 19.7. The van der Waals surface area contributed by atoms with Gasteiger partial charge in [0.2, 0.25) is 0 Å². The largest absolute Gasteiger partial charge is 0.395 e. The Kier molecular flexibility index (Phi) is 4.28. The first-order valence-corrected chi connectivity index (χ1v) is 8.76. The van der Waals surface area contributed by atoms with Crippen molar-refractivity contribution < 1.29 is 9.90 Å². The van der Waals surface area contributed by atoms with Crippen LogP contribution in [0.15, 0.2) is 42.6 Å². The van der Waals surface area contributed by atoms with E-state index >= 15 is 0 Å². The van der Waals surface area contributed by atoms with E-state index in [1.807, 2.05) is 36.5 Å². The van der Waals surface area contributed by atoms with E-state index in [1.165, 1.54) is 12.8 Å². The third-order valence-electron chi connectivity index (χ3n) is 4.88. The van der Waals surface area contributed by atoms with Gasteiger partial charge in [0, 0.05) is 37.1 Å². The number of nitrogens with zero attached hydrogens (tertiary/aromatic N) is 3. The van der Waals surface area contributed by atoms with E-state index < -0.39 is 0 Å². The van der Waals surface area contributed by atoms with Gasteiger partial charge in [0.25, 0.3) is 5.91 Å². The highest BCUT2D eigenvalue weighted by molar-refractivity contribution is 6.01. The molecule has 2 aliphatic rings. The molecule has 4 rings (SSSR count). The molecule has 1 saturated heterocycles. The summed E-state index contributed by atoms with van der Waals surface area (Å²) in [6.07, 6.45) is 3.93. The van der Waals surface area contributed by atoms with E-state index in [0.29, 0.717) is 5.56 Å². The third-order valence-corrected chi connectivity index (χ3v) is 4.88. The molecule has 1 aromatic carbocycles. The Balaban J connectivity index is 1.64. The summed E-state index contributed by atoms with van der Waals surface area (Å²) in [6.45, 7) is 2.30. The fourth-order valence-corrected chi connectivity index (χ4v) is 3.59. The third kappa shape index (κ3) is 2.93. The van der Waals surface area contributed by atoms with Gasteiger partial charge in [0.05, 0.1) is 12.2 Å². The number of hydrogen-bond donors (Lipinski definition) is 2. The Morgan fingerprint density at radius 1 is 1.16 bits per heavy atom. The first kappa shape index (κ1) is 15.9. The summed E-state index contributed by atoms with van der Waals surface area (Å²) in [5.41, 5.74) is 2.36. The van der Waals surface area contributed by atoms with Gasteiger partial charge in [-0.2, -0.15) is 0 Å². The summed E-state index contributed by atoms with van der Waals surface area (Å²) in [7, 11) is 0. The SMILES string of the molecule is O=C1c2ccccc2N[C@@H](c2ccc(N3CCCC3)nc2)N1CCO. The van der Waals surface area contributed by atoms with Crippen LogP contribution in [0.25, 0.3) is 0 Å². The minimum Gasteiger partial charge on any atom is -0.395 e. The standard InChI is InChI=1S/C19H22N4O2/c24-12-11-23-18(21-16-6-2-1-5-15(16)19(23)25)14-7-8-17(20-13-14)22-9-3-4-10-22/h1-2,5-8,13,18,21,24H,3-4,9-12H2/t18-/m1/s1. The molecule has 0 unspecified atom stereocenters. The van der Waals surface area contributed by atoms with Crippen LogP contribution in [0.1, 0.15) is 34.9 Å². The van der Waals surface area contributed by atoms with Crippen molar-refractivity contribution in [1.82, 2.24) is 9.88 Å². The summed E-state index contributed by atoms with van der Waals surface area (Å²) in [6, 6.07) is 11.5. The van der Waals surface area contributed by atoms with Crippen molar-refractivity contribution in [3.63, 3.8) is 0 Å². The van der Waals surface area contributed by atoms with Gasteiger partial charge in [-0.05, 0) is 37.1 Å². The van der Waals surface area contributed by atoms with E-state index in [-0.39, 0.29) is 25.2 Å². The second-order valence-electron chi connectivity index (χ2n) is 6.46. The van der Waals surface area contributed by atoms with Gasteiger partial charge in [0.1, 0.15) is 12.0 Å². The number of hydrogen-bond acceptors (Lipinski definition) is 5. The summed E-state index contributed by atoms with van der Waals surface area (Å²) in [5.74, 6) is 0.912. The van der Waals surface area contributed by atoms with Crippen molar-refractivity contribution >= 4 is 17.4 Å². The molecular weight excluding hydrogens is 316 g/mol. The van der Waals surface area contributed by atoms with Crippen LogP contribution in [0.3, 0.4) is 0 Å². The number of benzene rings is 1. The van der Waals surface area contributed by atoms with Gasteiger partial charge in [-0.3, -0.25) is 4.79 Å². The molecule has 2 N–H and O–H groups in total. The molecule has 6 nitrogen and oxygen atoms in total. The number of aliphatic hydroxyl groups is 1. The molecule has 0 radical (unpaired) electrons. The lowest BCUT2D eigenvalue weighted by Gasteiger charge is -2.37. The molecule has 0 bridgehead atoms. The zero-order valence-electron chi connectivity index (χ0n) is 14.1. The molecule has 2 aromatic rings. The molecule has 3 heterocycles. The lowest BCUT2D eigenvalue weighted by molar-refractivity contribution is 0.0640. The summed E-state index contributed by atoms with van der Waals surface area (Å²) in [5, 5.41) is 12.8. The smallest absolute Gasteiger partial charge is 0.257 e. The van der Waals surface area contributed by atoms with Crippen molar-refractivity contribution in [2.75, 3.05) is 36.5 Å². The summed E-state index contributed by atoms with van der Waals surface area (Å²) in [4.78, 5) is 21.4. The second kappa shape index (κ2) is 6.72. The number of carbonyl (C=O) groups is 1. The molecule has 25 heavy (non-hydrogen) atoms. The monoisotopic (exact) mass is 338 g/mol. The number of aromatic nitrogens is 1. The summed E-state index contributed by atoms with van der Waals surface area (Å²) < 4.78 is 0. The average molecular weight is 338 g/mol. The first-order chi connectivity index (χ1) is 12.3. The highest BCUT2D eigenvalue weighted by Gasteiger charge is 2.32. The highest BCUT2D eigenvalue weighted by Crippen LogP contribution is 2.33. The molecule has 1 amide bonds. The van der Waals surface area contributed by atoms with Crippen LogP contribution >= 0.6 is 0 Å². The number of rotatable bonds is 4. The van der Waals surface area contributed by atoms with E-state index in [2.05, 4.69) is 15.2 Å². The maximum Gasteiger partial charge on any atom is 0.257 e. The Morgan fingerprint density at radius 2 is 1.96 bits per heavy atom. The maximum atomic E-state index is 12.8. The van der Waals surface area contributed by atoms with Crippen LogP contribution in [-0.2, 0) is 0 Å². The van der Waals surface area contributed by atoms with Crippen molar-refractivity contribution in [2.45, 2.75) is 19.0 Å². The quantitative estimate of drug-likeness (QED) is 0.895. The van der Waals surface area contributed by atoms with Crippen LogP contribution in [0.2, 0.25) is 0 Å². The van der Waals surface area contributed by atoms with Crippen molar-refractivity contribution in [2.24, 2.45) is 0 Å². The average Bonchev–Trinajstić information content (AvgIpc) is 3.19. The Bertz CT molecular complexity index is 756. The summed E-state index contributed by atoms with van der Waals surface area (Å²) >= 11 is 0. The van der Waals surface area contributed by atoms with Crippen LogP contribution in [0, 0.1) is 0 Å². The van der Waals surface area contributed by atoms with Crippen LogP contribution in [0.4, 0.5) is 11.5 Å².